The second kappa shape index (κ2) is 6.53. The van der Waals surface area contributed by atoms with Crippen LogP contribution in [0.5, 0.6) is 0 Å². The highest BCUT2D eigenvalue weighted by Crippen LogP contribution is 2.22. The first kappa shape index (κ1) is 13.8. The van der Waals surface area contributed by atoms with E-state index >= 15 is 0 Å². The van der Waals surface area contributed by atoms with Gasteiger partial charge in [0.1, 0.15) is 0 Å². The van der Waals surface area contributed by atoms with Gasteiger partial charge in [0.2, 0.25) is 0 Å². The van der Waals surface area contributed by atoms with Crippen LogP contribution < -0.4 is 5.73 Å². The maximum absolute atomic E-state index is 6.28. The van der Waals surface area contributed by atoms with Crippen LogP contribution in [0.3, 0.4) is 0 Å². The molecule has 0 aliphatic carbocycles. The van der Waals surface area contributed by atoms with Gasteiger partial charge in [-0.05, 0) is 36.6 Å². The molecule has 1 fully saturated rings. The average Bonchev–Trinajstić information content (AvgIpc) is 2.41. The Morgan fingerprint density at radius 2 is 2.33 bits per heavy atom. The summed E-state index contributed by atoms with van der Waals surface area (Å²) in [4.78, 5) is 2.40. The minimum Gasteiger partial charge on any atom is -0.380 e. The van der Waals surface area contributed by atoms with Crippen LogP contribution in [-0.4, -0.2) is 31.2 Å². The minimum absolute atomic E-state index is 0.362. The second-order valence-corrected chi connectivity index (χ2v) is 5.27. The molecule has 1 aliphatic rings. The molecule has 1 atom stereocenters. The first-order valence-corrected chi connectivity index (χ1v) is 6.83. The summed E-state index contributed by atoms with van der Waals surface area (Å²) in [5.41, 5.74) is 7.86. The molecule has 1 unspecified atom stereocenters. The molecule has 1 aromatic carbocycles. The number of rotatable bonds is 4. The third-order valence-electron chi connectivity index (χ3n) is 3.54. The van der Waals surface area contributed by atoms with Gasteiger partial charge in [-0.1, -0.05) is 23.7 Å². The van der Waals surface area contributed by atoms with E-state index in [1.165, 1.54) is 12.0 Å². The Kier molecular flexibility index (Phi) is 5.01. The average molecular weight is 269 g/mol. The molecule has 0 bridgehead atoms. The third-order valence-corrected chi connectivity index (χ3v) is 3.89. The number of hydrogen-bond donors (Lipinski definition) is 1. The van der Waals surface area contributed by atoms with Crippen molar-refractivity contribution in [1.82, 2.24) is 4.90 Å². The lowest BCUT2D eigenvalue weighted by molar-refractivity contribution is 0.0285. The van der Waals surface area contributed by atoms with Crippen molar-refractivity contribution in [1.29, 1.82) is 0 Å². The van der Waals surface area contributed by atoms with Crippen molar-refractivity contribution in [3.05, 3.63) is 34.3 Å². The summed E-state index contributed by atoms with van der Waals surface area (Å²) in [6.45, 7) is 3.54. The van der Waals surface area contributed by atoms with Crippen LogP contribution in [0.15, 0.2) is 18.2 Å². The summed E-state index contributed by atoms with van der Waals surface area (Å²) in [6.07, 6.45) is 2.71. The molecule has 1 heterocycles. The van der Waals surface area contributed by atoms with Gasteiger partial charge in [0.25, 0.3) is 0 Å². The highest BCUT2D eigenvalue weighted by molar-refractivity contribution is 6.31. The zero-order valence-corrected chi connectivity index (χ0v) is 11.6. The maximum atomic E-state index is 6.28. The number of nitrogens with two attached hydrogens (primary N) is 1. The predicted molar refractivity (Wildman–Crippen MR) is 74.7 cm³/mol. The highest BCUT2D eigenvalue weighted by atomic mass is 35.5. The fraction of sp³-hybridized carbons (Fsp3) is 0.571. The van der Waals surface area contributed by atoms with Crippen LogP contribution in [0.2, 0.25) is 5.02 Å². The van der Waals surface area contributed by atoms with Gasteiger partial charge in [-0.3, -0.25) is 4.90 Å². The molecule has 0 aromatic heterocycles. The minimum atomic E-state index is 0.362. The molecule has 3 nitrogen and oxygen atoms in total. The van der Waals surface area contributed by atoms with Crippen LogP contribution >= 0.6 is 11.6 Å². The fourth-order valence-electron chi connectivity index (χ4n) is 2.44. The van der Waals surface area contributed by atoms with Crippen molar-refractivity contribution in [2.45, 2.75) is 32.0 Å². The van der Waals surface area contributed by atoms with Gasteiger partial charge in [-0.15, -0.1) is 0 Å². The molecule has 2 N–H and O–H groups in total. The maximum Gasteiger partial charge on any atom is 0.0698 e. The Hall–Kier alpha value is -0.610. The standard InChI is InChI=1S/C14H21ClN2O/c1-18-13-3-2-6-17(10-13)9-12-5-4-11(8-16)7-14(12)15/h4-5,7,13H,2-3,6,8-10,16H2,1H3. The Morgan fingerprint density at radius 1 is 1.50 bits per heavy atom. The van der Waals surface area contributed by atoms with Gasteiger partial charge in [-0.2, -0.15) is 0 Å². The summed E-state index contributed by atoms with van der Waals surface area (Å²) < 4.78 is 5.43. The van der Waals surface area contributed by atoms with E-state index in [1.807, 2.05) is 6.07 Å². The molecule has 0 radical (unpaired) electrons. The lowest BCUT2D eigenvalue weighted by Crippen LogP contribution is -2.38. The number of hydrogen-bond acceptors (Lipinski definition) is 3. The number of benzene rings is 1. The molecular formula is C14H21ClN2O. The lowest BCUT2D eigenvalue weighted by atomic mass is 10.1. The van der Waals surface area contributed by atoms with E-state index in [0.29, 0.717) is 12.6 Å². The SMILES string of the molecule is COC1CCCN(Cc2ccc(CN)cc2Cl)C1. The largest absolute Gasteiger partial charge is 0.380 e. The van der Waals surface area contributed by atoms with E-state index < -0.39 is 0 Å². The zero-order valence-electron chi connectivity index (χ0n) is 10.9. The topological polar surface area (TPSA) is 38.5 Å². The number of piperidine rings is 1. The summed E-state index contributed by atoms with van der Waals surface area (Å²) in [5, 5.41) is 0.817. The zero-order chi connectivity index (χ0) is 13.0. The first-order chi connectivity index (χ1) is 8.72. The summed E-state index contributed by atoms with van der Waals surface area (Å²) in [6, 6.07) is 6.11. The number of methoxy groups -OCH3 is 1. The molecule has 2 rings (SSSR count). The van der Waals surface area contributed by atoms with E-state index in [0.717, 1.165) is 36.6 Å². The van der Waals surface area contributed by atoms with Crippen molar-refractivity contribution in [2.24, 2.45) is 5.73 Å². The Balaban J connectivity index is 2.00. The predicted octanol–water partition coefficient (Wildman–Crippen LogP) is 2.41. The number of ether oxygens (including phenoxy) is 1. The summed E-state index contributed by atoms with van der Waals surface area (Å²) in [5.74, 6) is 0. The summed E-state index contributed by atoms with van der Waals surface area (Å²) >= 11 is 6.28. The number of halogens is 1. The van der Waals surface area contributed by atoms with E-state index in [2.05, 4.69) is 17.0 Å². The van der Waals surface area contributed by atoms with Gasteiger partial charge < -0.3 is 10.5 Å². The van der Waals surface area contributed by atoms with E-state index in [-0.39, 0.29) is 0 Å². The number of likely N-dealkylation sites (tertiary alicyclic amines) is 1. The second-order valence-electron chi connectivity index (χ2n) is 4.86. The summed E-state index contributed by atoms with van der Waals surface area (Å²) in [7, 11) is 1.79. The van der Waals surface area contributed by atoms with Gasteiger partial charge in [0.15, 0.2) is 0 Å². The van der Waals surface area contributed by atoms with Crippen molar-refractivity contribution < 1.29 is 4.74 Å². The molecule has 0 spiro atoms. The van der Waals surface area contributed by atoms with Crippen molar-refractivity contribution in [3.63, 3.8) is 0 Å². The smallest absolute Gasteiger partial charge is 0.0698 e. The first-order valence-electron chi connectivity index (χ1n) is 6.45. The van der Waals surface area contributed by atoms with E-state index in [1.54, 1.807) is 7.11 Å². The number of nitrogens with zero attached hydrogens (tertiary/aromatic N) is 1. The molecular weight excluding hydrogens is 248 g/mol. The molecule has 100 valence electrons. The normalized spacial score (nSPS) is 21.2. The van der Waals surface area contributed by atoms with E-state index in [4.69, 9.17) is 22.1 Å². The van der Waals surface area contributed by atoms with Crippen molar-refractivity contribution >= 4 is 11.6 Å². The Morgan fingerprint density at radius 3 is 3.00 bits per heavy atom. The van der Waals surface area contributed by atoms with Gasteiger partial charge >= 0.3 is 0 Å². The van der Waals surface area contributed by atoms with Crippen molar-refractivity contribution in [2.75, 3.05) is 20.2 Å². The van der Waals surface area contributed by atoms with Gasteiger partial charge in [0, 0.05) is 31.8 Å². The third kappa shape index (κ3) is 3.45. The molecule has 4 heteroatoms. The molecule has 1 aliphatic heterocycles. The van der Waals surface area contributed by atoms with Crippen molar-refractivity contribution in [3.8, 4) is 0 Å². The quantitative estimate of drug-likeness (QED) is 0.911. The molecule has 18 heavy (non-hydrogen) atoms. The molecule has 1 aromatic rings. The van der Waals surface area contributed by atoms with Gasteiger partial charge in [-0.25, -0.2) is 0 Å². The Labute approximate surface area is 114 Å². The van der Waals surface area contributed by atoms with Crippen LogP contribution in [-0.2, 0) is 17.8 Å². The fourth-order valence-corrected chi connectivity index (χ4v) is 2.70. The van der Waals surface area contributed by atoms with Crippen LogP contribution in [0.25, 0.3) is 0 Å². The van der Waals surface area contributed by atoms with Gasteiger partial charge in [0.05, 0.1) is 6.10 Å². The van der Waals surface area contributed by atoms with Crippen LogP contribution in [0.1, 0.15) is 24.0 Å². The molecule has 1 saturated heterocycles. The molecule has 0 saturated carbocycles. The van der Waals surface area contributed by atoms with E-state index in [9.17, 15) is 0 Å². The molecule has 0 amide bonds. The van der Waals surface area contributed by atoms with Crippen LogP contribution in [0, 0.1) is 0 Å². The lowest BCUT2D eigenvalue weighted by Gasteiger charge is -2.32. The monoisotopic (exact) mass is 268 g/mol. The highest BCUT2D eigenvalue weighted by Gasteiger charge is 2.19. The Bertz CT molecular complexity index is 397. The van der Waals surface area contributed by atoms with Crippen LogP contribution in [0.4, 0.5) is 0 Å².